The van der Waals surface area contributed by atoms with Gasteiger partial charge in [0.25, 0.3) is 5.91 Å². The summed E-state index contributed by atoms with van der Waals surface area (Å²) < 4.78 is 9.77. The lowest BCUT2D eigenvalue weighted by Crippen LogP contribution is -2.38. The summed E-state index contributed by atoms with van der Waals surface area (Å²) in [5.41, 5.74) is 3.12. The third-order valence-corrected chi connectivity index (χ3v) is 9.77. The summed E-state index contributed by atoms with van der Waals surface area (Å²) >= 11 is 0. The van der Waals surface area contributed by atoms with Gasteiger partial charge in [-0.3, -0.25) is 14.4 Å². The SMILES string of the molecule is C/C(=C(\CCOC(=O)CCC(=O)O)SSCCC(C)C)N(C)C.CN(C(=O)c1ccc2nonc2c1)C1CCCCC1.O.[HH]. The molecule has 13 heteroatoms. The number of fused-ring (bicyclic) bond motifs is 1. The second-order valence-electron chi connectivity index (χ2n) is 11.0. The van der Waals surface area contributed by atoms with E-state index >= 15 is 0 Å². The summed E-state index contributed by atoms with van der Waals surface area (Å²) in [6.07, 6.45) is 7.51. The molecule has 1 aromatic heterocycles. The largest absolute Gasteiger partial charge is 0.481 e. The number of esters is 1. The minimum Gasteiger partial charge on any atom is -0.481 e. The zero-order chi connectivity index (χ0) is 31.1. The van der Waals surface area contributed by atoms with Gasteiger partial charge in [0.05, 0.1) is 19.4 Å². The van der Waals surface area contributed by atoms with Crippen molar-refractivity contribution in [3.05, 3.63) is 34.4 Å². The van der Waals surface area contributed by atoms with Crippen LogP contribution >= 0.6 is 21.6 Å². The number of carbonyl (C=O) groups is 3. The fourth-order valence-corrected chi connectivity index (χ4v) is 7.06. The molecular formula is C30H50N4O7S2. The zero-order valence-electron chi connectivity index (χ0n) is 26.3. The van der Waals surface area contributed by atoms with E-state index < -0.39 is 11.9 Å². The molecule has 0 unspecified atom stereocenters. The van der Waals surface area contributed by atoms with Crippen molar-refractivity contribution in [3.8, 4) is 0 Å². The average Bonchev–Trinajstić information content (AvgIpc) is 3.45. The molecule has 0 atom stereocenters. The molecule has 1 amide bonds. The number of ether oxygens (including phenoxy) is 1. The van der Waals surface area contributed by atoms with Crippen molar-refractivity contribution < 1.29 is 35.8 Å². The lowest BCUT2D eigenvalue weighted by molar-refractivity contribution is -0.147. The molecule has 2 aromatic rings. The van der Waals surface area contributed by atoms with Crippen LogP contribution in [0.4, 0.5) is 0 Å². The Morgan fingerprint density at radius 2 is 1.74 bits per heavy atom. The Labute approximate surface area is 264 Å². The smallest absolute Gasteiger partial charge is 0.306 e. The van der Waals surface area contributed by atoms with Crippen LogP contribution in [0.25, 0.3) is 11.0 Å². The number of carboxylic acids is 1. The van der Waals surface area contributed by atoms with Crippen LogP contribution in [0.3, 0.4) is 0 Å². The van der Waals surface area contributed by atoms with Gasteiger partial charge in [0.2, 0.25) is 0 Å². The highest BCUT2D eigenvalue weighted by Crippen LogP contribution is 2.36. The molecule has 3 rings (SSSR count). The van der Waals surface area contributed by atoms with E-state index in [0.29, 0.717) is 35.0 Å². The first-order valence-corrected chi connectivity index (χ1v) is 16.8. The number of aliphatic carboxylic acids is 1. The maximum atomic E-state index is 12.5. The van der Waals surface area contributed by atoms with E-state index in [-0.39, 0.29) is 32.3 Å². The molecule has 43 heavy (non-hydrogen) atoms. The molecule has 1 fully saturated rings. The normalized spacial score (nSPS) is 13.8. The van der Waals surface area contributed by atoms with Gasteiger partial charge in [0, 0.05) is 57.0 Å². The van der Waals surface area contributed by atoms with Gasteiger partial charge in [-0.2, -0.15) is 0 Å². The summed E-state index contributed by atoms with van der Waals surface area (Å²) in [5.74, 6) is 0.401. The molecule has 3 N–H and O–H groups in total. The first kappa shape index (κ1) is 38.3. The third kappa shape index (κ3) is 14.0. The second-order valence-corrected chi connectivity index (χ2v) is 13.5. The first-order chi connectivity index (χ1) is 20.0. The summed E-state index contributed by atoms with van der Waals surface area (Å²) in [7, 11) is 9.44. The van der Waals surface area contributed by atoms with E-state index in [2.05, 4.69) is 40.6 Å². The van der Waals surface area contributed by atoms with Gasteiger partial charge >= 0.3 is 11.9 Å². The van der Waals surface area contributed by atoms with Crippen molar-refractivity contribution in [2.75, 3.05) is 33.5 Å². The Balaban J connectivity index is 0.000000812. The molecule has 1 aliphatic rings. The minimum absolute atomic E-state index is 0. The van der Waals surface area contributed by atoms with Crippen molar-refractivity contribution in [2.45, 2.75) is 84.6 Å². The van der Waals surface area contributed by atoms with Gasteiger partial charge in [0.15, 0.2) is 0 Å². The van der Waals surface area contributed by atoms with E-state index in [9.17, 15) is 14.4 Å². The number of benzene rings is 1. The van der Waals surface area contributed by atoms with Crippen LogP contribution in [0, 0.1) is 5.92 Å². The predicted octanol–water partition coefficient (Wildman–Crippen LogP) is 6.05. The lowest BCUT2D eigenvalue weighted by atomic mass is 9.94. The molecule has 11 nitrogen and oxygen atoms in total. The van der Waals surface area contributed by atoms with Gasteiger partial charge in [-0.15, -0.1) is 0 Å². The highest BCUT2D eigenvalue weighted by molar-refractivity contribution is 8.78. The second kappa shape index (κ2) is 20.2. The summed E-state index contributed by atoms with van der Waals surface area (Å²) in [4.78, 5) is 39.4. The summed E-state index contributed by atoms with van der Waals surface area (Å²) in [6.45, 7) is 6.77. The molecule has 1 aromatic carbocycles. The molecule has 0 spiro atoms. The zero-order valence-corrected chi connectivity index (χ0v) is 27.9. The quantitative estimate of drug-likeness (QED) is 0.145. The Hall–Kier alpha value is -2.77. The van der Waals surface area contributed by atoms with Crippen LogP contribution in [-0.2, 0) is 14.3 Å². The van der Waals surface area contributed by atoms with Crippen LogP contribution in [0.2, 0.25) is 0 Å². The average molecular weight is 643 g/mol. The summed E-state index contributed by atoms with van der Waals surface area (Å²) in [5, 5.41) is 16.1. The molecule has 1 heterocycles. The number of carboxylic acid groups (broad SMARTS) is 1. The fraction of sp³-hybridized carbons (Fsp3) is 0.633. The van der Waals surface area contributed by atoms with Crippen molar-refractivity contribution in [3.63, 3.8) is 0 Å². The van der Waals surface area contributed by atoms with Crippen LogP contribution in [0.15, 0.2) is 33.4 Å². The third-order valence-electron chi connectivity index (χ3n) is 7.09. The Morgan fingerprint density at radius 1 is 1.07 bits per heavy atom. The van der Waals surface area contributed by atoms with Gasteiger partial charge in [-0.05, 0) is 60.6 Å². The number of hydrogen-bond acceptors (Lipinski definition) is 10. The number of nitrogens with zero attached hydrogens (tertiary/aromatic N) is 4. The lowest BCUT2D eigenvalue weighted by Gasteiger charge is -2.31. The van der Waals surface area contributed by atoms with Crippen molar-refractivity contribution in [1.82, 2.24) is 20.1 Å². The van der Waals surface area contributed by atoms with E-state index in [4.69, 9.17) is 9.84 Å². The molecule has 0 aliphatic heterocycles. The van der Waals surface area contributed by atoms with E-state index in [0.717, 1.165) is 24.3 Å². The van der Waals surface area contributed by atoms with Gasteiger partial charge < -0.3 is 25.1 Å². The Morgan fingerprint density at radius 3 is 2.37 bits per heavy atom. The summed E-state index contributed by atoms with van der Waals surface area (Å²) in [6, 6.07) is 5.67. The van der Waals surface area contributed by atoms with Crippen molar-refractivity contribution >= 4 is 50.5 Å². The monoisotopic (exact) mass is 642 g/mol. The number of hydrogen-bond donors (Lipinski definition) is 1. The standard InChI is InChI=1S/C16H29NO4S2.C14H17N3O2.H2O.H2/c1-12(2)9-11-22-23-14(13(3)17(4)5)8-10-21-16(20)7-6-15(18)19;1-17(11-5-3-2-4-6-11)14(18)10-7-8-12-13(9-10)16-19-15-12;;/h12H,6-11H2,1-5H3,(H,18,19);7-9,11H,2-6H2,1H3;1H2;1H/b14-13-;;;. The van der Waals surface area contributed by atoms with E-state index in [1.54, 1.807) is 29.0 Å². The van der Waals surface area contributed by atoms with E-state index in [1.807, 2.05) is 36.8 Å². The highest BCUT2D eigenvalue weighted by atomic mass is 33.1. The van der Waals surface area contributed by atoms with Crippen LogP contribution in [0.5, 0.6) is 0 Å². The number of amides is 1. The number of rotatable bonds is 14. The van der Waals surface area contributed by atoms with Gasteiger partial charge in [0.1, 0.15) is 11.0 Å². The molecule has 0 radical (unpaired) electrons. The van der Waals surface area contributed by atoms with Crippen molar-refractivity contribution in [1.29, 1.82) is 0 Å². The van der Waals surface area contributed by atoms with Gasteiger partial charge in [-0.25, -0.2) is 4.63 Å². The van der Waals surface area contributed by atoms with Crippen molar-refractivity contribution in [2.24, 2.45) is 5.92 Å². The molecule has 0 saturated heterocycles. The Kier molecular flexibility index (Phi) is 18.0. The highest BCUT2D eigenvalue weighted by Gasteiger charge is 2.23. The maximum Gasteiger partial charge on any atom is 0.306 e. The number of allylic oxidation sites excluding steroid dienone is 1. The minimum atomic E-state index is -0.983. The molecule has 244 valence electrons. The van der Waals surface area contributed by atoms with Crippen LogP contribution in [-0.4, -0.2) is 88.1 Å². The predicted molar refractivity (Wildman–Crippen MR) is 175 cm³/mol. The molecule has 0 bridgehead atoms. The number of carbonyl (C=O) groups excluding carboxylic acids is 2. The Bertz CT molecular complexity index is 1190. The van der Waals surface area contributed by atoms with Crippen LogP contribution in [0.1, 0.15) is 90.3 Å². The maximum absolute atomic E-state index is 12.5. The topological polar surface area (TPSA) is 158 Å². The van der Waals surface area contributed by atoms with Crippen LogP contribution < -0.4 is 0 Å². The fourth-order valence-electron chi connectivity index (χ4n) is 4.22. The van der Waals surface area contributed by atoms with E-state index in [1.165, 1.54) is 30.6 Å². The van der Waals surface area contributed by atoms with Gasteiger partial charge in [-0.1, -0.05) is 54.7 Å². The molecule has 1 saturated carbocycles. The molecule has 1 aliphatic carbocycles. The molecular weight excluding hydrogens is 592 g/mol. The number of aromatic nitrogens is 2. The first-order valence-electron chi connectivity index (χ1n) is 14.5.